The van der Waals surface area contributed by atoms with Gasteiger partial charge in [-0.25, -0.2) is 4.79 Å². The van der Waals surface area contributed by atoms with Crippen LogP contribution >= 0.6 is 11.6 Å². The molecular weight excluding hydrogens is 366 g/mol. The van der Waals surface area contributed by atoms with Crippen molar-refractivity contribution in [3.63, 3.8) is 0 Å². The van der Waals surface area contributed by atoms with Gasteiger partial charge >= 0.3 is 5.69 Å². The summed E-state index contributed by atoms with van der Waals surface area (Å²) in [7, 11) is 1.47. The minimum absolute atomic E-state index is 0.328. The first kappa shape index (κ1) is 17.9. The maximum atomic E-state index is 12.8. The van der Waals surface area contributed by atoms with E-state index in [1.165, 1.54) is 19.9 Å². The number of rotatable bonds is 3. The summed E-state index contributed by atoms with van der Waals surface area (Å²) in [4.78, 5) is 34.5. The number of H-pyrrole nitrogens is 1. The molecule has 4 rings (SSSR count). The van der Waals surface area contributed by atoms with Gasteiger partial charge in [0, 0.05) is 25.2 Å². The van der Waals surface area contributed by atoms with Crippen molar-refractivity contribution in [2.75, 3.05) is 18.0 Å². The highest BCUT2D eigenvalue weighted by atomic mass is 35.5. The summed E-state index contributed by atoms with van der Waals surface area (Å²) < 4.78 is 2.97. The number of hydrogen-bond acceptors (Lipinski definition) is 4. The molecule has 0 saturated carbocycles. The van der Waals surface area contributed by atoms with Crippen LogP contribution in [0.5, 0.6) is 0 Å². The Balaban J connectivity index is 1.93. The van der Waals surface area contributed by atoms with Gasteiger partial charge in [-0.3, -0.25) is 18.9 Å². The minimum atomic E-state index is -0.461. The lowest BCUT2D eigenvalue weighted by Crippen LogP contribution is -2.33. The Kier molecular flexibility index (Phi) is 4.78. The topological polar surface area (TPSA) is 75.9 Å². The Bertz CT molecular complexity index is 1090. The molecule has 0 radical (unpaired) electrons. The highest BCUT2D eigenvalue weighted by Crippen LogP contribution is 2.25. The van der Waals surface area contributed by atoms with Crippen LogP contribution in [0.4, 0.5) is 5.95 Å². The van der Waals surface area contributed by atoms with Crippen molar-refractivity contribution in [2.45, 2.75) is 32.2 Å². The van der Waals surface area contributed by atoms with Crippen molar-refractivity contribution < 1.29 is 0 Å². The number of fused-ring (bicyclic) bond motifs is 1. The normalized spacial score (nSPS) is 15.3. The minimum Gasteiger partial charge on any atom is -0.342 e. The first-order valence-corrected chi connectivity index (χ1v) is 9.62. The zero-order valence-electron chi connectivity index (χ0n) is 15.2. The first-order valence-electron chi connectivity index (χ1n) is 9.24. The average molecular weight is 388 g/mol. The third kappa shape index (κ3) is 3.27. The van der Waals surface area contributed by atoms with Gasteiger partial charge in [0.1, 0.15) is 0 Å². The van der Waals surface area contributed by atoms with Crippen LogP contribution in [0.3, 0.4) is 0 Å². The van der Waals surface area contributed by atoms with Crippen LogP contribution in [0.25, 0.3) is 11.2 Å². The Morgan fingerprint density at radius 1 is 1.11 bits per heavy atom. The molecule has 0 bridgehead atoms. The zero-order valence-corrected chi connectivity index (χ0v) is 16.0. The first-order chi connectivity index (χ1) is 13.1. The van der Waals surface area contributed by atoms with Crippen molar-refractivity contribution >= 4 is 28.7 Å². The number of aromatic amines is 1. The largest absolute Gasteiger partial charge is 0.342 e. The number of nitrogens with zero attached hydrogens (tertiary/aromatic N) is 4. The van der Waals surface area contributed by atoms with Crippen molar-refractivity contribution in [1.29, 1.82) is 0 Å². The molecule has 142 valence electrons. The Hall–Kier alpha value is -2.54. The lowest BCUT2D eigenvalue weighted by Gasteiger charge is -2.22. The molecule has 0 unspecified atom stereocenters. The van der Waals surface area contributed by atoms with E-state index < -0.39 is 5.69 Å². The highest BCUT2D eigenvalue weighted by molar-refractivity contribution is 6.31. The van der Waals surface area contributed by atoms with Crippen LogP contribution in [-0.4, -0.2) is 32.2 Å². The highest BCUT2D eigenvalue weighted by Gasteiger charge is 2.22. The van der Waals surface area contributed by atoms with E-state index >= 15 is 0 Å². The molecule has 1 saturated heterocycles. The molecule has 3 heterocycles. The standard InChI is InChI=1S/C19H22ClN5O2/c1-23-17(26)15-16(22-19(23)27)21-18(24-10-6-2-3-7-11-24)25(15)12-13-8-4-5-9-14(13)20/h4-5,8-9H,2-3,6-7,10-12H2,1H3,(H,22,27). The van der Waals surface area contributed by atoms with Gasteiger partial charge in [0.15, 0.2) is 11.2 Å². The van der Waals surface area contributed by atoms with Gasteiger partial charge < -0.3 is 4.90 Å². The molecule has 0 amide bonds. The van der Waals surface area contributed by atoms with E-state index in [0.29, 0.717) is 28.7 Å². The summed E-state index contributed by atoms with van der Waals surface area (Å²) in [6, 6.07) is 7.58. The SMILES string of the molecule is Cn1c(=O)[nH]c2nc(N3CCCCCC3)n(Cc3ccccc3Cl)c2c1=O. The van der Waals surface area contributed by atoms with Gasteiger partial charge in [0.05, 0.1) is 6.54 Å². The summed E-state index contributed by atoms with van der Waals surface area (Å²) in [5.74, 6) is 0.714. The molecule has 0 aliphatic carbocycles. The van der Waals surface area contributed by atoms with Crippen molar-refractivity contribution in [3.8, 4) is 0 Å². The summed E-state index contributed by atoms with van der Waals surface area (Å²) in [6.07, 6.45) is 4.56. The van der Waals surface area contributed by atoms with E-state index in [2.05, 4.69) is 14.9 Å². The average Bonchev–Trinajstić information content (AvgIpc) is 2.84. The smallest absolute Gasteiger partial charge is 0.329 e. The molecule has 7 nitrogen and oxygen atoms in total. The predicted octanol–water partition coefficient (Wildman–Crippen LogP) is 2.51. The van der Waals surface area contributed by atoms with Crippen LogP contribution in [0.15, 0.2) is 33.9 Å². The van der Waals surface area contributed by atoms with E-state index in [-0.39, 0.29) is 5.56 Å². The van der Waals surface area contributed by atoms with Crippen molar-refractivity contribution in [1.82, 2.24) is 19.1 Å². The molecule has 1 aliphatic rings. The summed E-state index contributed by atoms with van der Waals surface area (Å²) in [6.45, 7) is 2.19. The lowest BCUT2D eigenvalue weighted by molar-refractivity contribution is 0.711. The van der Waals surface area contributed by atoms with Crippen LogP contribution in [0.1, 0.15) is 31.2 Å². The maximum absolute atomic E-state index is 12.8. The molecule has 1 aromatic carbocycles. The molecule has 0 spiro atoms. The lowest BCUT2D eigenvalue weighted by atomic mass is 10.2. The van der Waals surface area contributed by atoms with E-state index in [9.17, 15) is 9.59 Å². The second-order valence-corrected chi connectivity index (χ2v) is 7.39. The number of aromatic nitrogens is 4. The second-order valence-electron chi connectivity index (χ2n) is 6.98. The Labute approximate surface area is 161 Å². The molecule has 8 heteroatoms. The van der Waals surface area contributed by atoms with Crippen LogP contribution in [0, 0.1) is 0 Å². The number of imidazole rings is 1. The maximum Gasteiger partial charge on any atom is 0.329 e. The van der Waals surface area contributed by atoms with Gasteiger partial charge in [0.2, 0.25) is 5.95 Å². The molecule has 27 heavy (non-hydrogen) atoms. The van der Waals surface area contributed by atoms with Gasteiger partial charge in [0.25, 0.3) is 5.56 Å². The van der Waals surface area contributed by atoms with Crippen LogP contribution in [-0.2, 0) is 13.6 Å². The van der Waals surface area contributed by atoms with Crippen LogP contribution < -0.4 is 16.1 Å². The van der Waals surface area contributed by atoms with E-state index in [0.717, 1.165) is 36.1 Å². The Morgan fingerprint density at radius 2 is 1.81 bits per heavy atom. The van der Waals surface area contributed by atoms with E-state index in [1.807, 2.05) is 28.8 Å². The van der Waals surface area contributed by atoms with Crippen molar-refractivity contribution in [2.24, 2.45) is 7.05 Å². The fraction of sp³-hybridized carbons (Fsp3) is 0.421. The predicted molar refractivity (Wildman–Crippen MR) is 107 cm³/mol. The van der Waals surface area contributed by atoms with Crippen molar-refractivity contribution in [3.05, 3.63) is 55.7 Å². The number of hydrogen-bond donors (Lipinski definition) is 1. The Morgan fingerprint density at radius 3 is 2.52 bits per heavy atom. The molecule has 1 N–H and O–H groups in total. The zero-order chi connectivity index (χ0) is 19.0. The van der Waals surface area contributed by atoms with Gasteiger partial charge in [-0.1, -0.05) is 42.6 Å². The number of halogens is 1. The summed E-state index contributed by atoms with van der Waals surface area (Å²) >= 11 is 6.36. The summed E-state index contributed by atoms with van der Waals surface area (Å²) in [5.41, 5.74) is 0.820. The molecule has 3 aromatic rings. The fourth-order valence-corrected chi connectivity index (χ4v) is 3.84. The third-order valence-corrected chi connectivity index (χ3v) is 5.53. The molecule has 1 aliphatic heterocycles. The van der Waals surface area contributed by atoms with Gasteiger partial charge in [-0.05, 0) is 24.5 Å². The van der Waals surface area contributed by atoms with Gasteiger partial charge in [-0.2, -0.15) is 4.98 Å². The van der Waals surface area contributed by atoms with Gasteiger partial charge in [-0.15, -0.1) is 0 Å². The van der Waals surface area contributed by atoms with Crippen LogP contribution in [0.2, 0.25) is 5.02 Å². The monoisotopic (exact) mass is 387 g/mol. The number of benzene rings is 1. The van der Waals surface area contributed by atoms with E-state index in [1.54, 1.807) is 0 Å². The molecular formula is C19H22ClN5O2. The molecule has 1 fully saturated rings. The second kappa shape index (κ2) is 7.23. The quantitative estimate of drug-likeness (QED) is 0.749. The van der Waals surface area contributed by atoms with E-state index in [4.69, 9.17) is 11.6 Å². The number of nitrogens with one attached hydrogen (secondary N) is 1. The third-order valence-electron chi connectivity index (χ3n) is 5.16. The summed E-state index contributed by atoms with van der Waals surface area (Å²) in [5, 5.41) is 0.641. The molecule has 2 aromatic heterocycles. The fourth-order valence-electron chi connectivity index (χ4n) is 3.64. The number of anilines is 1. The molecule has 0 atom stereocenters.